The number of carbonyl (C=O) groups excluding carboxylic acids is 2. The molecule has 0 radical (unpaired) electrons. The van der Waals surface area contributed by atoms with Gasteiger partial charge in [-0.1, -0.05) is 31.5 Å². The molecule has 1 N–H and O–H groups in total. The fourth-order valence-corrected chi connectivity index (χ4v) is 5.08. The number of likely N-dealkylation sites (tertiary alicyclic amines) is 1. The Labute approximate surface area is 202 Å². The minimum atomic E-state index is -0.688. The normalized spacial score (nSPS) is 17.7. The number of fused-ring (bicyclic) bond motifs is 1. The van der Waals surface area contributed by atoms with Gasteiger partial charge in [-0.05, 0) is 61.6 Å². The van der Waals surface area contributed by atoms with E-state index in [1.807, 2.05) is 4.90 Å². The van der Waals surface area contributed by atoms with Crippen molar-refractivity contribution in [3.63, 3.8) is 0 Å². The van der Waals surface area contributed by atoms with E-state index in [-0.39, 0.29) is 16.8 Å². The molecule has 1 fully saturated rings. The summed E-state index contributed by atoms with van der Waals surface area (Å²) >= 11 is 6.01. The minimum Gasteiger partial charge on any atom is -0.339 e. The number of hydrogen-bond acceptors (Lipinski definition) is 3. The number of hydrogen-bond donors (Lipinski definition) is 1. The van der Waals surface area contributed by atoms with Gasteiger partial charge in [0.2, 0.25) is 0 Å². The highest BCUT2D eigenvalue weighted by molar-refractivity contribution is 6.30. The van der Waals surface area contributed by atoms with Gasteiger partial charge in [0.25, 0.3) is 11.8 Å². The summed E-state index contributed by atoms with van der Waals surface area (Å²) in [6, 6.07) is 10.8. The lowest BCUT2D eigenvalue weighted by molar-refractivity contribution is 0.0792. The standard InChI is InChI=1S/C26H26ClFN4O2/c1-15(2)13-21-22-23(30-29-21)26(34)32(24(22)19-10-7-17(27)14-20(19)28)18-8-5-16(6-9-18)25(33)31-11-3-4-12-31/h5-10,14-15,24H,3-4,11-13H2,1-2H3,(H,29,30). The van der Waals surface area contributed by atoms with Crippen molar-refractivity contribution in [3.05, 3.63) is 81.4 Å². The molecule has 1 saturated heterocycles. The van der Waals surface area contributed by atoms with E-state index < -0.39 is 11.9 Å². The number of aromatic amines is 1. The highest BCUT2D eigenvalue weighted by Gasteiger charge is 2.44. The van der Waals surface area contributed by atoms with Crippen molar-refractivity contribution in [3.8, 4) is 0 Å². The third-order valence-electron chi connectivity index (χ3n) is 6.49. The van der Waals surface area contributed by atoms with Crippen LogP contribution in [0.1, 0.15) is 70.4 Å². The lowest BCUT2D eigenvalue weighted by atomic mass is 9.95. The molecule has 2 aliphatic rings. The van der Waals surface area contributed by atoms with Crippen molar-refractivity contribution >= 4 is 29.1 Å². The monoisotopic (exact) mass is 480 g/mol. The Morgan fingerprint density at radius 2 is 1.88 bits per heavy atom. The highest BCUT2D eigenvalue weighted by Crippen LogP contribution is 2.44. The Kier molecular flexibility index (Phi) is 5.90. The van der Waals surface area contributed by atoms with Gasteiger partial charge < -0.3 is 4.90 Å². The van der Waals surface area contributed by atoms with Crippen LogP contribution in [-0.4, -0.2) is 40.0 Å². The maximum absolute atomic E-state index is 15.2. The average Bonchev–Trinajstić information content (AvgIpc) is 3.53. The van der Waals surface area contributed by atoms with Crippen LogP contribution in [-0.2, 0) is 6.42 Å². The smallest absolute Gasteiger partial charge is 0.280 e. The Morgan fingerprint density at radius 1 is 1.18 bits per heavy atom. The van der Waals surface area contributed by atoms with Crippen LogP contribution in [0.25, 0.3) is 0 Å². The molecule has 2 aliphatic heterocycles. The first-order chi connectivity index (χ1) is 16.3. The third kappa shape index (κ3) is 3.88. The molecule has 0 spiro atoms. The summed E-state index contributed by atoms with van der Waals surface area (Å²) in [7, 11) is 0. The lowest BCUT2D eigenvalue weighted by Crippen LogP contribution is -2.30. The van der Waals surface area contributed by atoms with Crippen LogP contribution >= 0.6 is 11.6 Å². The fourth-order valence-electron chi connectivity index (χ4n) is 4.92. The van der Waals surface area contributed by atoms with Crippen LogP contribution in [0.15, 0.2) is 42.5 Å². The third-order valence-corrected chi connectivity index (χ3v) is 6.73. The Hall–Kier alpha value is -3.19. The molecule has 3 aromatic rings. The van der Waals surface area contributed by atoms with E-state index in [1.165, 1.54) is 6.07 Å². The summed E-state index contributed by atoms with van der Waals surface area (Å²) in [6.07, 6.45) is 2.72. The number of H-pyrrole nitrogens is 1. The quantitative estimate of drug-likeness (QED) is 0.532. The zero-order chi connectivity index (χ0) is 24.0. The van der Waals surface area contributed by atoms with Crippen molar-refractivity contribution in [2.75, 3.05) is 18.0 Å². The van der Waals surface area contributed by atoms with Gasteiger partial charge in [-0.3, -0.25) is 19.6 Å². The van der Waals surface area contributed by atoms with E-state index in [9.17, 15) is 9.59 Å². The Bertz CT molecular complexity index is 1250. The minimum absolute atomic E-state index is 0.00975. The van der Waals surface area contributed by atoms with Gasteiger partial charge >= 0.3 is 0 Å². The maximum Gasteiger partial charge on any atom is 0.280 e. The van der Waals surface area contributed by atoms with Crippen molar-refractivity contribution in [2.24, 2.45) is 5.92 Å². The summed E-state index contributed by atoms with van der Waals surface area (Å²) in [4.78, 5) is 29.7. The molecule has 2 amide bonds. The molecular weight excluding hydrogens is 455 g/mol. The average molecular weight is 481 g/mol. The van der Waals surface area contributed by atoms with Crippen LogP contribution in [0, 0.1) is 11.7 Å². The number of aromatic nitrogens is 2. The maximum atomic E-state index is 15.2. The fraction of sp³-hybridized carbons (Fsp3) is 0.346. The first kappa shape index (κ1) is 22.6. The Balaban J connectivity index is 1.57. The van der Waals surface area contributed by atoms with Gasteiger partial charge in [0, 0.05) is 46.2 Å². The van der Waals surface area contributed by atoms with Crippen LogP contribution in [0.2, 0.25) is 5.02 Å². The number of rotatable bonds is 5. The number of nitrogens with one attached hydrogen (secondary N) is 1. The number of carbonyl (C=O) groups is 2. The number of amides is 2. The van der Waals surface area contributed by atoms with Crippen LogP contribution in [0.4, 0.5) is 10.1 Å². The van der Waals surface area contributed by atoms with Gasteiger partial charge in [-0.15, -0.1) is 0 Å². The van der Waals surface area contributed by atoms with Crippen LogP contribution in [0.5, 0.6) is 0 Å². The molecular formula is C26H26ClFN4O2. The van der Waals surface area contributed by atoms with E-state index >= 15 is 4.39 Å². The van der Waals surface area contributed by atoms with Crippen LogP contribution in [0.3, 0.4) is 0 Å². The zero-order valence-electron chi connectivity index (χ0n) is 19.1. The van der Waals surface area contributed by atoms with Gasteiger partial charge in [0.15, 0.2) is 5.69 Å². The molecule has 2 aromatic carbocycles. The molecule has 3 heterocycles. The van der Waals surface area contributed by atoms with Crippen molar-refractivity contribution in [1.82, 2.24) is 15.1 Å². The second-order valence-corrected chi connectivity index (χ2v) is 9.79. The van der Waals surface area contributed by atoms with Gasteiger partial charge in [0.1, 0.15) is 5.82 Å². The summed E-state index contributed by atoms with van der Waals surface area (Å²) < 4.78 is 15.2. The van der Waals surface area contributed by atoms with Gasteiger partial charge in [-0.2, -0.15) is 5.10 Å². The Morgan fingerprint density at radius 3 is 2.53 bits per heavy atom. The predicted molar refractivity (Wildman–Crippen MR) is 129 cm³/mol. The SMILES string of the molecule is CC(C)Cc1[nH]nc2c1C(c1ccc(Cl)cc1F)N(c1ccc(C(=O)N3CCCC3)cc1)C2=O. The summed E-state index contributed by atoms with van der Waals surface area (Å²) in [5.41, 5.74) is 3.31. The molecule has 34 heavy (non-hydrogen) atoms. The molecule has 1 unspecified atom stereocenters. The van der Waals surface area contributed by atoms with Crippen molar-refractivity contribution in [1.29, 1.82) is 0 Å². The molecule has 0 saturated carbocycles. The molecule has 1 atom stereocenters. The second kappa shape index (κ2) is 8.87. The van der Waals surface area contributed by atoms with E-state index in [2.05, 4.69) is 24.0 Å². The highest BCUT2D eigenvalue weighted by atomic mass is 35.5. The van der Waals surface area contributed by atoms with Crippen LogP contribution < -0.4 is 4.90 Å². The van der Waals surface area contributed by atoms with E-state index in [1.54, 1.807) is 41.3 Å². The van der Waals surface area contributed by atoms with E-state index in [4.69, 9.17) is 11.6 Å². The first-order valence-corrected chi connectivity index (χ1v) is 12.0. The summed E-state index contributed by atoms with van der Waals surface area (Å²) in [5, 5.41) is 7.59. The number of halogens is 2. The second-order valence-electron chi connectivity index (χ2n) is 9.35. The number of benzene rings is 2. The summed E-state index contributed by atoms with van der Waals surface area (Å²) in [5.74, 6) is -0.482. The zero-order valence-corrected chi connectivity index (χ0v) is 19.9. The molecule has 0 aliphatic carbocycles. The molecule has 1 aromatic heterocycles. The first-order valence-electron chi connectivity index (χ1n) is 11.6. The van der Waals surface area contributed by atoms with Crippen molar-refractivity contribution in [2.45, 2.75) is 39.2 Å². The predicted octanol–water partition coefficient (Wildman–Crippen LogP) is 5.39. The largest absolute Gasteiger partial charge is 0.339 e. The van der Waals surface area contributed by atoms with Gasteiger partial charge in [0.05, 0.1) is 6.04 Å². The van der Waals surface area contributed by atoms with E-state index in [0.717, 1.165) is 31.6 Å². The van der Waals surface area contributed by atoms with Crippen molar-refractivity contribution < 1.29 is 14.0 Å². The molecule has 0 bridgehead atoms. The molecule has 8 heteroatoms. The molecule has 5 rings (SSSR count). The van der Waals surface area contributed by atoms with E-state index in [0.29, 0.717) is 40.4 Å². The number of nitrogens with zero attached hydrogens (tertiary/aromatic N) is 3. The topological polar surface area (TPSA) is 69.3 Å². The summed E-state index contributed by atoms with van der Waals surface area (Å²) in [6.45, 7) is 5.69. The number of anilines is 1. The molecule has 6 nitrogen and oxygen atoms in total. The van der Waals surface area contributed by atoms with Gasteiger partial charge in [-0.25, -0.2) is 4.39 Å². The molecule has 176 valence electrons. The lowest BCUT2D eigenvalue weighted by Gasteiger charge is -2.27.